The lowest BCUT2D eigenvalue weighted by Gasteiger charge is -2.29. The Hall–Kier alpha value is -1.11. The molecule has 1 aromatic carbocycles. The summed E-state index contributed by atoms with van der Waals surface area (Å²) in [7, 11) is 1.97. The van der Waals surface area contributed by atoms with Gasteiger partial charge in [0.15, 0.2) is 0 Å². The molecule has 0 spiro atoms. The van der Waals surface area contributed by atoms with E-state index in [0.29, 0.717) is 11.0 Å². The van der Waals surface area contributed by atoms with Gasteiger partial charge in [-0.2, -0.15) is 11.8 Å². The summed E-state index contributed by atoms with van der Waals surface area (Å²) in [6.07, 6.45) is 2.07. The summed E-state index contributed by atoms with van der Waals surface area (Å²) in [5.74, 6) is 0.977. The fourth-order valence-electron chi connectivity index (χ4n) is 1.89. The number of hydrogen-bond acceptors (Lipinski definition) is 4. The van der Waals surface area contributed by atoms with Crippen molar-refractivity contribution in [2.75, 3.05) is 24.4 Å². The Morgan fingerprint density at radius 2 is 1.95 bits per heavy atom. The number of rotatable bonds is 7. The summed E-state index contributed by atoms with van der Waals surface area (Å²) in [5, 5.41) is 2.91. The molecule has 0 radical (unpaired) electrons. The van der Waals surface area contributed by atoms with Crippen LogP contribution in [0.5, 0.6) is 0 Å². The zero-order valence-corrected chi connectivity index (χ0v) is 14.6. The van der Waals surface area contributed by atoms with Gasteiger partial charge in [0.2, 0.25) is 5.91 Å². The third-order valence-electron chi connectivity index (χ3n) is 3.53. The number of carbonyl (C=O) groups excluding carboxylic acids is 1. The molecule has 1 aromatic rings. The number of thiocarbonyl (C=S) groups is 1. The van der Waals surface area contributed by atoms with Crippen molar-refractivity contribution in [2.24, 2.45) is 5.73 Å². The van der Waals surface area contributed by atoms with E-state index in [2.05, 4.69) is 23.4 Å². The Labute approximate surface area is 136 Å². The van der Waals surface area contributed by atoms with Crippen LogP contribution in [0.3, 0.4) is 0 Å². The lowest BCUT2D eigenvalue weighted by molar-refractivity contribution is -0.120. The minimum absolute atomic E-state index is 0.0199. The minimum Gasteiger partial charge on any atom is -0.389 e. The second-order valence-corrected chi connectivity index (χ2v) is 6.43. The van der Waals surface area contributed by atoms with E-state index in [1.165, 1.54) is 0 Å². The van der Waals surface area contributed by atoms with Gasteiger partial charge in [0.25, 0.3) is 0 Å². The summed E-state index contributed by atoms with van der Waals surface area (Å²) >= 11 is 6.68. The van der Waals surface area contributed by atoms with Crippen LogP contribution in [-0.4, -0.2) is 46.9 Å². The average molecular weight is 326 g/mol. The molecule has 0 saturated carbocycles. The molecule has 0 bridgehead atoms. The summed E-state index contributed by atoms with van der Waals surface area (Å²) in [6.45, 7) is 4.03. The van der Waals surface area contributed by atoms with E-state index in [1.54, 1.807) is 11.8 Å². The minimum atomic E-state index is -0.192. The predicted molar refractivity (Wildman–Crippen MR) is 96.0 cm³/mol. The summed E-state index contributed by atoms with van der Waals surface area (Å²) < 4.78 is 0. The van der Waals surface area contributed by atoms with Crippen molar-refractivity contribution in [2.45, 2.75) is 25.9 Å². The number of nitrogens with zero attached hydrogens (tertiary/aromatic N) is 1. The lowest BCUT2D eigenvalue weighted by Crippen LogP contribution is -2.45. The first kappa shape index (κ1) is 17.9. The quantitative estimate of drug-likeness (QED) is 0.754. The van der Waals surface area contributed by atoms with Crippen LogP contribution in [0.4, 0.5) is 5.69 Å². The van der Waals surface area contributed by atoms with Crippen LogP contribution in [0, 0.1) is 0 Å². The second-order valence-electron chi connectivity index (χ2n) is 5.08. The topological polar surface area (TPSA) is 58.4 Å². The van der Waals surface area contributed by atoms with Crippen LogP contribution in [0.2, 0.25) is 0 Å². The molecule has 1 rings (SSSR count). The van der Waals surface area contributed by atoms with E-state index >= 15 is 0 Å². The van der Waals surface area contributed by atoms with Crippen molar-refractivity contribution in [3.63, 3.8) is 0 Å². The highest BCUT2D eigenvalue weighted by Crippen LogP contribution is 2.13. The number of amides is 1. The van der Waals surface area contributed by atoms with Crippen LogP contribution < -0.4 is 11.1 Å². The van der Waals surface area contributed by atoms with E-state index in [-0.39, 0.29) is 11.9 Å². The number of hydrogen-bond donors (Lipinski definition) is 2. The number of nitrogens with two attached hydrogens (primary N) is 1. The third-order valence-corrected chi connectivity index (χ3v) is 4.58. The molecule has 2 unspecified atom stereocenters. The first-order valence-corrected chi connectivity index (χ1v) is 8.58. The van der Waals surface area contributed by atoms with Gasteiger partial charge in [-0.05, 0) is 51.4 Å². The molecule has 0 heterocycles. The fraction of sp³-hybridized carbons (Fsp3) is 0.467. The van der Waals surface area contributed by atoms with Gasteiger partial charge in [-0.3, -0.25) is 9.69 Å². The van der Waals surface area contributed by atoms with E-state index in [1.807, 2.05) is 38.2 Å². The van der Waals surface area contributed by atoms with Crippen molar-refractivity contribution < 1.29 is 4.79 Å². The van der Waals surface area contributed by atoms with Gasteiger partial charge in [-0.1, -0.05) is 12.2 Å². The van der Waals surface area contributed by atoms with Crippen molar-refractivity contribution in [1.29, 1.82) is 0 Å². The van der Waals surface area contributed by atoms with Crippen LogP contribution in [0.25, 0.3) is 0 Å². The zero-order valence-electron chi connectivity index (χ0n) is 12.9. The first-order chi connectivity index (χ1) is 9.86. The number of thioether (sulfide) groups is 1. The Kier molecular flexibility index (Phi) is 7.14. The Morgan fingerprint density at radius 1 is 1.38 bits per heavy atom. The number of carbonyl (C=O) groups is 1. The standard InChI is InChI=1S/C15H23N3OS2/c1-10(9-21-4)18(3)11(2)15(19)17-13-7-5-12(6-8-13)14(16)20/h5-8,10-11H,9H2,1-4H3,(H2,16,20)(H,17,19). The van der Waals surface area contributed by atoms with Gasteiger partial charge in [0, 0.05) is 23.0 Å². The molecule has 4 nitrogen and oxygen atoms in total. The molecule has 0 aliphatic heterocycles. The SMILES string of the molecule is CSCC(C)N(C)C(C)C(=O)Nc1ccc(C(N)=S)cc1. The van der Waals surface area contributed by atoms with Crippen molar-refractivity contribution in [1.82, 2.24) is 4.90 Å². The summed E-state index contributed by atoms with van der Waals surface area (Å²) in [4.78, 5) is 14.7. The average Bonchev–Trinajstić information content (AvgIpc) is 2.46. The van der Waals surface area contributed by atoms with Gasteiger partial charge in [-0.25, -0.2) is 0 Å². The monoisotopic (exact) mass is 325 g/mol. The summed E-state index contributed by atoms with van der Waals surface area (Å²) in [6, 6.07) is 7.39. The second kappa shape index (κ2) is 8.36. The summed E-state index contributed by atoms with van der Waals surface area (Å²) in [5.41, 5.74) is 7.09. The van der Waals surface area contributed by atoms with E-state index in [9.17, 15) is 4.79 Å². The molecule has 0 saturated heterocycles. The van der Waals surface area contributed by atoms with Gasteiger partial charge in [0.1, 0.15) is 4.99 Å². The number of nitrogens with one attached hydrogen (secondary N) is 1. The molecule has 116 valence electrons. The maximum Gasteiger partial charge on any atom is 0.241 e. The first-order valence-electron chi connectivity index (χ1n) is 6.78. The molecule has 0 aliphatic carbocycles. The molecular weight excluding hydrogens is 302 g/mol. The fourth-order valence-corrected chi connectivity index (χ4v) is 2.74. The lowest BCUT2D eigenvalue weighted by atomic mass is 10.2. The third kappa shape index (κ3) is 5.30. The highest BCUT2D eigenvalue weighted by atomic mass is 32.2. The Balaban J connectivity index is 2.65. The maximum atomic E-state index is 12.3. The smallest absolute Gasteiger partial charge is 0.241 e. The molecular formula is C15H23N3OS2. The predicted octanol–water partition coefficient (Wildman–Crippen LogP) is 2.33. The normalized spacial score (nSPS) is 13.8. The molecule has 1 amide bonds. The van der Waals surface area contributed by atoms with Gasteiger partial charge >= 0.3 is 0 Å². The largest absolute Gasteiger partial charge is 0.389 e. The van der Waals surface area contributed by atoms with Crippen molar-refractivity contribution in [3.05, 3.63) is 29.8 Å². The van der Waals surface area contributed by atoms with Crippen molar-refractivity contribution in [3.8, 4) is 0 Å². The Bertz CT molecular complexity index is 490. The highest BCUT2D eigenvalue weighted by molar-refractivity contribution is 7.98. The van der Waals surface area contributed by atoms with Gasteiger partial charge < -0.3 is 11.1 Å². The molecule has 0 fully saturated rings. The Morgan fingerprint density at radius 3 is 2.43 bits per heavy atom. The number of likely N-dealkylation sites (N-methyl/N-ethyl adjacent to an activating group) is 1. The number of anilines is 1. The number of benzene rings is 1. The van der Waals surface area contributed by atoms with Crippen molar-refractivity contribution >= 4 is 40.6 Å². The highest BCUT2D eigenvalue weighted by Gasteiger charge is 2.21. The van der Waals surface area contributed by atoms with Crippen LogP contribution >= 0.6 is 24.0 Å². The molecule has 6 heteroatoms. The zero-order chi connectivity index (χ0) is 16.0. The molecule has 21 heavy (non-hydrogen) atoms. The van der Waals surface area contributed by atoms with Gasteiger partial charge in [-0.15, -0.1) is 0 Å². The van der Waals surface area contributed by atoms with E-state index in [0.717, 1.165) is 17.0 Å². The van der Waals surface area contributed by atoms with E-state index in [4.69, 9.17) is 18.0 Å². The van der Waals surface area contributed by atoms with Crippen LogP contribution in [0.15, 0.2) is 24.3 Å². The molecule has 3 N–H and O–H groups in total. The molecule has 2 atom stereocenters. The maximum absolute atomic E-state index is 12.3. The van der Waals surface area contributed by atoms with Crippen LogP contribution in [0.1, 0.15) is 19.4 Å². The molecule has 0 aliphatic rings. The van der Waals surface area contributed by atoms with Gasteiger partial charge in [0.05, 0.1) is 6.04 Å². The molecule has 0 aromatic heterocycles. The van der Waals surface area contributed by atoms with E-state index < -0.39 is 0 Å². The van der Waals surface area contributed by atoms with Crippen LogP contribution in [-0.2, 0) is 4.79 Å².